The van der Waals surface area contributed by atoms with Crippen molar-refractivity contribution >= 4 is 35.8 Å². The molecular weight excluding hydrogens is 495 g/mol. The Morgan fingerprint density at radius 1 is 0.967 bits per heavy atom. The molecule has 30 heavy (non-hydrogen) atoms. The Kier molecular flexibility index (Phi) is 11.7. The lowest BCUT2D eigenvalue weighted by molar-refractivity contribution is -0.131. The van der Waals surface area contributed by atoms with Gasteiger partial charge in [0.15, 0.2) is 5.96 Å². The highest BCUT2D eigenvalue weighted by Crippen LogP contribution is 2.11. The fraction of sp³-hybridized carbons (Fsp3) is 0.905. The summed E-state index contributed by atoms with van der Waals surface area (Å²) in [6.45, 7) is 13.0. The van der Waals surface area contributed by atoms with Crippen LogP contribution in [0.25, 0.3) is 0 Å². The van der Waals surface area contributed by atoms with Gasteiger partial charge in [-0.25, -0.2) is 0 Å². The first-order chi connectivity index (χ1) is 14.2. The van der Waals surface area contributed by atoms with E-state index >= 15 is 0 Å². The summed E-state index contributed by atoms with van der Waals surface area (Å²) in [4.78, 5) is 26.3. The largest absolute Gasteiger partial charge is 0.393 e. The molecular formula is C21H41IN6O2. The number of aliphatic hydroxyl groups is 1. The van der Waals surface area contributed by atoms with Crippen molar-refractivity contribution in [2.24, 2.45) is 4.99 Å². The molecule has 0 saturated carbocycles. The van der Waals surface area contributed by atoms with Gasteiger partial charge >= 0.3 is 0 Å². The summed E-state index contributed by atoms with van der Waals surface area (Å²) < 4.78 is 0. The van der Waals surface area contributed by atoms with E-state index in [1.165, 1.54) is 0 Å². The van der Waals surface area contributed by atoms with Crippen LogP contribution in [0.5, 0.6) is 0 Å². The summed E-state index contributed by atoms with van der Waals surface area (Å²) >= 11 is 0. The SMILES string of the molecule is CCNC(=NCCCN1CCC(O)CC1)N1CCN(CC(=O)N2CCCC2)CC1.I. The number of hydrogen-bond acceptors (Lipinski definition) is 5. The highest BCUT2D eigenvalue weighted by molar-refractivity contribution is 14.0. The number of nitrogens with zero attached hydrogens (tertiary/aromatic N) is 5. The van der Waals surface area contributed by atoms with Crippen molar-refractivity contribution in [1.82, 2.24) is 24.9 Å². The molecule has 3 rings (SSSR count). The fourth-order valence-electron chi connectivity index (χ4n) is 4.42. The van der Waals surface area contributed by atoms with E-state index in [-0.39, 0.29) is 30.1 Å². The molecule has 8 nitrogen and oxygen atoms in total. The monoisotopic (exact) mass is 536 g/mol. The number of aliphatic imine (C=N–C) groups is 1. The normalized spacial score (nSPS) is 22.3. The highest BCUT2D eigenvalue weighted by Gasteiger charge is 2.24. The first kappa shape index (κ1) is 25.6. The lowest BCUT2D eigenvalue weighted by Gasteiger charge is -2.36. The quantitative estimate of drug-likeness (QED) is 0.216. The van der Waals surface area contributed by atoms with Gasteiger partial charge in [0.25, 0.3) is 0 Å². The van der Waals surface area contributed by atoms with Crippen LogP contribution < -0.4 is 5.32 Å². The number of halogens is 1. The van der Waals surface area contributed by atoms with E-state index in [2.05, 4.69) is 26.9 Å². The van der Waals surface area contributed by atoms with Gasteiger partial charge in [0.1, 0.15) is 0 Å². The van der Waals surface area contributed by atoms with Crippen molar-refractivity contribution in [2.45, 2.75) is 45.1 Å². The van der Waals surface area contributed by atoms with Crippen LogP contribution in [-0.4, -0.2) is 121 Å². The van der Waals surface area contributed by atoms with Gasteiger partial charge in [-0.1, -0.05) is 0 Å². The summed E-state index contributed by atoms with van der Waals surface area (Å²) in [6, 6.07) is 0. The molecule has 3 aliphatic heterocycles. The second-order valence-electron chi connectivity index (χ2n) is 8.51. The Balaban J connectivity index is 0.00000320. The van der Waals surface area contributed by atoms with Crippen LogP contribution in [0.15, 0.2) is 4.99 Å². The molecule has 0 aliphatic carbocycles. The van der Waals surface area contributed by atoms with Crippen LogP contribution in [0.1, 0.15) is 39.0 Å². The van der Waals surface area contributed by atoms with Gasteiger partial charge in [-0.15, -0.1) is 24.0 Å². The van der Waals surface area contributed by atoms with Gasteiger partial charge in [0.05, 0.1) is 12.6 Å². The van der Waals surface area contributed by atoms with Crippen LogP contribution in [0.3, 0.4) is 0 Å². The molecule has 3 saturated heterocycles. The third-order valence-electron chi connectivity index (χ3n) is 6.28. The molecule has 174 valence electrons. The number of carbonyl (C=O) groups excluding carboxylic acids is 1. The van der Waals surface area contributed by atoms with E-state index in [4.69, 9.17) is 4.99 Å². The van der Waals surface area contributed by atoms with Crippen LogP contribution in [0, 0.1) is 0 Å². The number of likely N-dealkylation sites (tertiary alicyclic amines) is 2. The number of nitrogens with one attached hydrogen (secondary N) is 1. The Morgan fingerprint density at radius 3 is 2.27 bits per heavy atom. The number of piperazine rings is 1. The van der Waals surface area contributed by atoms with Gasteiger partial charge in [-0.3, -0.25) is 14.7 Å². The molecule has 2 N–H and O–H groups in total. The van der Waals surface area contributed by atoms with Gasteiger partial charge in [0.2, 0.25) is 5.91 Å². The van der Waals surface area contributed by atoms with Gasteiger partial charge in [0, 0.05) is 65.4 Å². The maximum atomic E-state index is 12.4. The maximum absolute atomic E-state index is 12.4. The highest BCUT2D eigenvalue weighted by atomic mass is 127. The van der Waals surface area contributed by atoms with Crippen molar-refractivity contribution < 1.29 is 9.90 Å². The molecule has 0 radical (unpaired) electrons. The molecule has 0 aromatic rings. The number of amides is 1. The lowest BCUT2D eigenvalue weighted by atomic mass is 10.1. The number of piperidine rings is 1. The summed E-state index contributed by atoms with van der Waals surface area (Å²) in [5.41, 5.74) is 0. The zero-order valence-electron chi connectivity index (χ0n) is 18.6. The zero-order valence-corrected chi connectivity index (χ0v) is 20.9. The van der Waals surface area contributed by atoms with Crippen LogP contribution in [-0.2, 0) is 4.79 Å². The topological polar surface area (TPSA) is 74.6 Å². The average molecular weight is 537 g/mol. The molecule has 0 atom stereocenters. The fourth-order valence-corrected chi connectivity index (χ4v) is 4.42. The van der Waals surface area contributed by atoms with Crippen molar-refractivity contribution in [3.8, 4) is 0 Å². The number of carbonyl (C=O) groups is 1. The number of hydrogen-bond donors (Lipinski definition) is 2. The number of aliphatic hydroxyl groups excluding tert-OH is 1. The van der Waals surface area contributed by atoms with Gasteiger partial charge < -0.3 is 25.1 Å². The van der Waals surface area contributed by atoms with E-state index in [1.54, 1.807) is 0 Å². The van der Waals surface area contributed by atoms with Crippen molar-refractivity contribution in [2.75, 3.05) is 78.5 Å². The minimum absolute atomic E-state index is 0. The summed E-state index contributed by atoms with van der Waals surface area (Å²) in [5, 5.41) is 13.0. The van der Waals surface area contributed by atoms with Gasteiger partial charge in [-0.05, 0) is 45.6 Å². The lowest BCUT2D eigenvalue weighted by Crippen LogP contribution is -2.54. The molecule has 3 aliphatic rings. The average Bonchev–Trinajstić information content (AvgIpc) is 3.27. The van der Waals surface area contributed by atoms with E-state index in [0.29, 0.717) is 12.5 Å². The molecule has 0 bridgehead atoms. The van der Waals surface area contributed by atoms with Crippen molar-refractivity contribution in [3.63, 3.8) is 0 Å². The van der Waals surface area contributed by atoms with Gasteiger partial charge in [-0.2, -0.15) is 0 Å². The summed E-state index contributed by atoms with van der Waals surface area (Å²) in [5.74, 6) is 1.30. The number of guanidine groups is 1. The van der Waals surface area contributed by atoms with Crippen LogP contribution in [0.4, 0.5) is 0 Å². The van der Waals surface area contributed by atoms with Crippen LogP contribution >= 0.6 is 24.0 Å². The second-order valence-corrected chi connectivity index (χ2v) is 8.51. The minimum Gasteiger partial charge on any atom is -0.393 e. The molecule has 0 spiro atoms. The first-order valence-corrected chi connectivity index (χ1v) is 11.6. The predicted molar refractivity (Wildman–Crippen MR) is 132 cm³/mol. The Morgan fingerprint density at radius 2 is 1.63 bits per heavy atom. The molecule has 0 aromatic carbocycles. The minimum atomic E-state index is -0.103. The summed E-state index contributed by atoms with van der Waals surface area (Å²) in [6.07, 6.45) is 5.06. The number of rotatable bonds is 7. The molecule has 1 amide bonds. The Hall–Kier alpha value is -0.650. The van der Waals surface area contributed by atoms with E-state index in [9.17, 15) is 9.90 Å². The predicted octanol–water partition coefficient (Wildman–Crippen LogP) is 0.657. The van der Waals surface area contributed by atoms with Crippen LogP contribution in [0.2, 0.25) is 0 Å². The Bertz CT molecular complexity index is 528. The van der Waals surface area contributed by atoms with E-state index in [0.717, 1.165) is 110 Å². The van der Waals surface area contributed by atoms with Crippen molar-refractivity contribution in [1.29, 1.82) is 0 Å². The zero-order chi connectivity index (χ0) is 20.5. The Labute approximate surface area is 199 Å². The first-order valence-electron chi connectivity index (χ1n) is 11.6. The summed E-state index contributed by atoms with van der Waals surface area (Å²) in [7, 11) is 0. The van der Waals surface area contributed by atoms with E-state index < -0.39 is 0 Å². The molecule has 0 aromatic heterocycles. The molecule has 3 fully saturated rings. The van der Waals surface area contributed by atoms with Crippen molar-refractivity contribution in [3.05, 3.63) is 0 Å². The molecule has 9 heteroatoms. The maximum Gasteiger partial charge on any atom is 0.236 e. The van der Waals surface area contributed by atoms with E-state index in [1.807, 2.05) is 4.90 Å². The molecule has 3 heterocycles. The third kappa shape index (κ3) is 8.12. The standard InChI is InChI=1S/C21H40N6O2.HI/c1-2-22-21(23-8-5-9-24-12-6-19(28)7-13-24)27-16-14-25(15-17-27)18-20(29)26-10-3-4-11-26;/h19,28H,2-18H2,1H3,(H,22,23);1H. The smallest absolute Gasteiger partial charge is 0.236 e. The third-order valence-corrected chi connectivity index (χ3v) is 6.28. The second kappa shape index (κ2) is 13.7. The molecule has 0 unspecified atom stereocenters.